The van der Waals surface area contributed by atoms with Gasteiger partial charge in [0.05, 0.1) is 11.7 Å². The van der Waals surface area contributed by atoms with E-state index in [9.17, 15) is 5.11 Å². The van der Waals surface area contributed by atoms with Crippen molar-refractivity contribution in [2.75, 3.05) is 7.11 Å². The van der Waals surface area contributed by atoms with Crippen LogP contribution >= 0.6 is 0 Å². The van der Waals surface area contributed by atoms with E-state index in [-0.39, 0.29) is 6.10 Å². The molecule has 0 spiro atoms. The Balaban J connectivity index is 3.68. The fraction of sp³-hybridized carbons (Fsp3) is 1.00. The van der Waals surface area contributed by atoms with Crippen molar-refractivity contribution in [2.24, 2.45) is 5.92 Å². The zero-order chi connectivity index (χ0) is 10.5. The largest absolute Gasteiger partial charge is 0.390 e. The Bertz CT molecular complexity index is 130. The first kappa shape index (κ1) is 12.9. The van der Waals surface area contributed by atoms with Crippen molar-refractivity contribution in [3.05, 3.63) is 0 Å². The van der Waals surface area contributed by atoms with Gasteiger partial charge in [-0.15, -0.1) is 0 Å². The molecule has 0 heterocycles. The quantitative estimate of drug-likeness (QED) is 0.694. The molecule has 0 aliphatic rings. The van der Waals surface area contributed by atoms with Crippen LogP contribution in [0.25, 0.3) is 0 Å². The van der Waals surface area contributed by atoms with Crippen molar-refractivity contribution < 1.29 is 9.84 Å². The Labute approximate surface area is 82.3 Å². The third-order valence-corrected chi connectivity index (χ3v) is 2.59. The number of hydrogen-bond donors (Lipinski definition) is 1. The van der Waals surface area contributed by atoms with Gasteiger partial charge in [0, 0.05) is 7.11 Å². The summed E-state index contributed by atoms with van der Waals surface area (Å²) in [5.41, 5.74) is -0.406. The molecule has 1 atom stereocenters. The predicted octanol–water partition coefficient (Wildman–Crippen LogP) is 2.60. The molecule has 0 fully saturated rings. The second-order valence-electron chi connectivity index (χ2n) is 4.65. The van der Waals surface area contributed by atoms with Crippen LogP contribution in [-0.2, 0) is 4.74 Å². The molecular formula is C11H24O2. The fourth-order valence-electron chi connectivity index (χ4n) is 1.20. The van der Waals surface area contributed by atoms with Crippen molar-refractivity contribution >= 4 is 0 Å². The van der Waals surface area contributed by atoms with E-state index >= 15 is 0 Å². The first-order valence-electron chi connectivity index (χ1n) is 5.13. The maximum Gasteiger partial charge on any atom is 0.0880 e. The van der Waals surface area contributed by atoms with E-state index in [1.807, 2.05) is 13.8 Å². The van der Waals surface area contributed by atoms with E-state index < -0.39 is 5.60 Å². The first-order chi connectivity index (χ1) is 5.90. The zero-order valence-corrected chi connectivity index (χ0v) is 9.63. The maximum absolute atomic E-state index is 9.76. The minimum Gasteiger partial charge on any atom is -0.390 e. The standard InChI is InChI=1S/C11H24O2/c1-9(2)7-6-8-10(12)11(3,4)13-5/h9-10,12H,6-8H2,1-5H3. The molecule has 0 aromatic rings. The first-order valence-corrected chi connectivity index (χ1v) is 5.13. The van der Waals surface area contributed by atoms with Gasteiger partial charge in [0.1, 0.15) is 0 Å². The van der Waals surface area contributed by atoms with E-state index in [4.69, 9.17) is 4.74 Å². The van der Waals surface area contributed by atoms with Crippen LogP contribution < -0.4 is 0 Å². The molecule has 80 valence electrons. The Morgan fingerprint density at radius 1 is 1.23 bits per heavy atom. The van der Waals surface area contributed by atoms with Crippen LogP contribution in [0.4, 0.5) is 0 Å². The van der Waals surface area contributed by atoms with Crippen molar-refractivity contribution in [1.82, 2.24) is 0 Å². The lowest BCUT2D eigenvalue weighted by Gasteiger charge is -2.29. The van der Waals surface area contributed by atoms with Crippen LogP contribution in [0, 0.1) is 5.92 Å². The van der Waals surface area contributed by atoms with Gasteiger partial charge in [-0.05, 0) is 26.2 Å². The summed E-state index contributed by atoms with van der Waals surface area (Å²) in [5.74, 6) is 0.720. The molecule has 0 rings (SSSR count). The molecule has 0 aliphatic carbocycles. The van der Waals surface area contributed by atoms with Crippen LogP contribution in [0.2, 0.25) is 0 Å². The molecule has 0 aromatic heterocycles. The maximum atomic E-state index is 9.76. The highest BCUT2D eigenvalue weighted by Gasteiger charge is 2.26. The summed E-state index contributed by atoms with van der Waals surface area (Å²) in [7, 11) is 1.64. The Hall–Kier alpha value is -0.0800. The van der Waals surface area contributed by atoms with Gasteiger partial charge in [-0.25, -0.2) is 0 Å². The smallest absolute Gasteiger partial charge is 0.0880 e. The molecule has 0 saturated carbocycles. The van der Waals surface area contributed by atoms with Gasteiger partial charge in [-0.1, -0.05) is 26.7 Å². The van der Waals surface area contributed by atoms with Gasteiger partial charge in [-0.3, -0.25) is 0 Å². The van der Waals surface area contributed by atoms with E-state index in [0.29, 0.717) is 0 Å². The fourth-order valence-corrected chi connectivity index (χ4v) is 1.20. The lowest BCUT2D eigenvalue weighted by Crippen LogP contribution is -2.37. The minimum atomic E-state index is -0.406. The van der Waals surface area contributed by atoms with E-state index in [0.717, 1.165) is 18.8 Å². The molecule has 0 radical (unpaired) electrons. The Morgan fingerprint density at radius 3 is 2.15 bits per heavy atom. The molecule has 0 amide bonds. The highest BCUT2D eigenvalue weighted by Crippen LogP contribution is 2.19. The van der Waals surface area contributed by atoms with Crippen molar-refractivity contribution in [3.8, 4) is 0 Å². The van der Waals surface area contributed by atoms with Crippen molar-refractivity contribution in [2.45, 2.75) is 58.7 Å². The molecule has 0 saturated heterocycles. The number of methoxy groups -OCH3 is 1. The van der Waals surface area contributed by atoms with Crippen molar-refractivity contribution in [3.63, 3.8) is 0 Å². The predicted molar refractivity (Wildman–Crippen MR) is 55.8 cm³/mol. The van der Waals surface area contributed by atoms with Gasteiger partial charge < -0.3 is 9.84 Å². The third kappa shape index (κ3) is 5.27. The summed E-state index contributed by atoms with van der Waals surface area (Å²) >= 11 is 0. The van der Waals surface area contributed by atoms with E-state index in [2.05, 4.69) is 13.8 Å². The lowest BCUT2D eigenvalue weighted by molar-refractivity contribution is -0.0809. The number of aliphatic hydroxyl groups excluding tert-OH is 1. The van der Waals surface area contributed by atoms with E-state index in [1.165, 1.54) is 6.42 Å². The van der Waals surface area contributed by atoms with Crippen molar-refractivity contribution in [1.29, 1.82) is 0 Å². The SMILES string of the molecule is COC(C)(C)C(O)CCCC(C)C. The third-order valence-electron chi connectivity index (χ3n) is 2.59. The summed E-state index contributed by atoms with van der Waals surface area (Å²) in [4.78, 5) is 0. The molecule has 1 unspecified atom stereocenters. The summed E-state index contributed by atoms with van der Waals surface area (Å²) in [5, 5.41) is 9.76. The van der Waals surface area contributed by atoms with E-state index in [1.54, 1.807) is 7.11 Å². The second kappa shape index (κ2) is 5.61. The second-order valence-corrected chi connectivity index (χ2v) is 4.65. The summed E-state index contributed by atoms with van der Waals surface area (Å²) in [6.07, 6.45) is 2.73. The number of aliphatic hydroxyl groups is 1. The number of ether oxygens (including phenoxy) is 1. The normalized spacial score (nSPS) is 15.0. The molecule has 0 bridgehead atoms. The molecule has 1 N–H and O–H groups in total. The lowest BCUT2D eigenvalue weighted by atomic mass is 9.95. The Kier molecular flexibility index (Phi) is 5.57. The molecule has 13 heavy (non-hydrogen) atoms. The topological polar surface area (TPSA) is 29.5 Å². The van der Waals surface area contributed by atoms with Gasteiger partial charge in [0.15, 0.2) is 0 Å². The molecule has 0 aliphatic heterocycles. The van der Waals surface area contributed by atoms with Gasteiger partial charge in [-0.2, -0.15) is 0 Å². The summed E-state index contributed by atoms with van der Waals surface area (Å²) in [6, 6.07) is 0. The average molecular weight is 188 g/mol. The highest BCUT2D eigenvalue weighted by atomic mass is 16.5. The van der Waals surface area contributed by atoms with Gasteiger partial charge >= 0.3 is 0 Å². The highest BCUT2D eigenvalue weighted by molar-refractivity contribution is 4.78. The van der Waals surface area contributed by atoms with Crippen LogP contribution in [0.5, 0.6) is 0 Å². The Morgan fingerprint density at radius 2 is 1.77 bits per heavy atom. The van der Waals surface area contributed by atoms with Crippen LogP contribution in [0.1, 0.15) is 47.0 Å². The van der Waals surface area contributed by atoms with Gasteiger partial charge in [0.2, 0.25) is 0 Å². The summed E-state index contributed by atoms with van der Waals surface area (Å²) < 4.78 is 5.21. The number of hydrogen-bond acceptors (Lipinski definition) is 2. The molecule has 2 nitrogen and oxygen atoms in total. The zero-order valence-electron chi connectivity index (χ0n) is 9.63. The van der Waals surface area contributed by atoms with Crippen LogP contribution in [0.15, 0.2) is 0 Å². The monoisotopic (exact) mass is 188 g/mol. The van der Waals surface area contributed by atoms with Crippen LogP contribution in [-0.4, -0.2) is 23.9 Å². The average Bonchev–Trinajstić information content (AvgIpc) is 2.03. The van der Waals surface area contributed by atoms with Crippen LogP contribution in [0.3, 0.4) is 0 Å². The van der Waals surface area contributed by atoms with Gasteiger partial charge in [0.25, 0.3) is 0 Å². The number of rotatable bonds is 6. The molecule has 0 aromatic carbocycles. The minimum absolute atomic E-state index is 0.351. The summed E-state index contributed by atoms with van der Waals surface area (Å²) in [6.45, 7) is 8.25. The molecule has 2 heteroatoms. The molecular weight excluding hydrogens is 164 g/mol.